The molecule has 1 N–H and O–H groups in total. The van der Waals surface area contributed by atoms with E-state index in [-0.39, 0.29) is 12.4 Å². The Morgan fingerprint density at radius 1 is 1.24 bits per heavy atom. The molecule has 2 rings (SSSR count). The van der Waals surface area contributed by atoms with Gasteiger partial charge in [0.25, 0.3) is 0 Å². The van der Waals surface area contributed by atoms with Crippen molar-refractivity contribution in [3.8, 4) is 0 Å². The lowest BCUT2D eigenvalue weighted by Crippen LogP contribution is -2.36. The van der Waals surface area contributed by atoms with Crippen LogP contribution in [0.1, 0.15) is 51.9 Å². The van der Waals surface area contributed by atoms with Crippen LogP contribution >= 0.6 is 24.2 Å². The Hall–Kier alpha value is 0.0700. The van der Waals surface area contributed by atoms with Crippen molar-refractivity contribution in [2.45, 2.75) is 57.1 Å². The number of carbonyl (C=O) groups excluding carboxylic acids is 1. The Morgan fingerprint density at radius 3 is 2.71 bits per heavy atom. The fourth-order valence-corrected chi connectivity index (χ4v) is 4.45. The number of amides is 1. The summed E-state index contributed by atoms with van der Waals surface area (Å²) in [4.78, 5) is 14.6. The highest BCUT2D eigenvalue weighted by molar-refractivity contribution is 7.99. The first-order valence-corrected chi connectivity index (χ1v) is 9.44. The monoisotopic (exact) mass is 334 g/mol. The molecule has 2 aliphatic rings. The van der Waals surface area contributed by atoms with E-state index < -0.39 is 0 Å². The van der Waals surface area contributed by atoms with Gasteiger partial charge in [-0.15, -0.1) is 12.4 Å². The smallest absolute Gasteiger partial charge is 0.222 e. The number of nitrogens with one attached hydrogen (secondary N) is 1. The molecule has 0 radical (unpaired) electrons. The van der Waals surface area contributed by atoms with Crippen molar-refractivity contribution in [3.05, 3.63) is 0 Å². The first-order valence-electron chi connectivity index (χ1n) is 8.39. The summed E-state index contributed by atoms with van der Waals surface area (Å²) in [6.45, 7) is 6.48. The van der Waals surface area contributed by atoms with E-state index in [1.165, 1.54) is 37.9 Å². The molecule has 3 nitrogen and oxygen atoms in total. The lowest BCUT2D eigenvalue weighted by molar-refractivity contribution is -0.131. The van der Waals surface area contributed by atoms with Crippen LogP contribution in [0.4, 0.5) is 0 Å². The van der Waals surface area contributed by atoms with Gasteiger partial charge in [-0.05, 0) is 56.9 Å². The largest absolute Gasteiger partial charge is 0.342 e. The second kappa shape index (κ2) is 10.7. The van der Waals surface area contributed by atoms with E-state index in [1.807, 2.05) is 11.8 Å². The van der Waals surface area contributed by atoms with Gasteiger partial charge in [0.2, 0.25) is 5.91 Å². The Labute approximate surface area is 140 Å². The average molecular weight is 335 g/mol. The van der Waals surface area contributed by atoms with E-state index in [1.54, 1.807) is 0 Å². The number of carbonyl (C=O) groups is 1. The van der Waals surface area contributed by atoms with E-state index in [0.717, 1.165) is 44.9 Å². The second-order valence-corrected chi connectivity index (χ2v) is 7.72. The Balaban J connectivity index is 0.00000220. The number of rotatable bonds is 5. The van der Waals surface area contributed by atoms with Crippen molar-refractivity contribution in [1.82, 2.24) is 10.2 Å². The number of hydrogen-bond donors (Lipinski definition) is 1. The molecule has 5 heteroatoms. The van der Waals surface area contributed by atoms with Crippen LogP contribution in [0.15, 0.2) is 0 Å². The van der Waals surface area contributed by atoms with Crippen LogP contribution in [0.25, 0.3) is 0 Å². The van der Waals surface area contributed by atoms with Crippen LogP contribution in [0, 0.1) is 5.92 Å². The van der Waals surface area contributed by atoms with Crippen LogP contribution in [0.3, 0.4) is 0 Å². The second-order valence-electron chi connectivity index (χ2n) is 6.14. The minimum Gasteiger partial charge on any atom is -0.342 e. The highest BCUT2D eigenvalue weighted by Gasteiger charge is 2.23. The van der Waals surface area contributed by atoms with Crippen LogP contribution in [0.5, 0.6) is 0 Å². The highest BCUT2D eigenvalue weighted by Crippen LogP contribution is 2.24. The third-order valence-corrected chi connectivity index (χ3v) is 5.80. The molecule has 0 aromatic carbocycles. The minimum absolute atomic E-state index is 0. The molecule has 124 valence electrons. The molecule has 0 aromatic rings. The fraction of sp³-hybridized carbons (Fsp3) is 0.938. The third kappa shape index (κ3) is 6.79. The van der Waals surface area contributed by atoms with Crippen molar-refractivity contribution in [3.63, 3.8) is 0 Å². The van der Waals surface area contributed by atoms with Gasteiger partial charge in [-0.1, -0.05) is 13.3 Å². The van der Waals surface area contributed by atoms with E-state index in [4.69, 9.17) is 0 Å². The van der Waals surface area contributed by atoms with Gasteiger partial charge in [-0.25, -0.2) is 0 Å². The zero-order chi connectivity index (χ0) is 14.2. The molecule has 1 amide bonds. The van der Waals surface area contributed by atoms with E-state index in [2.05, 4.69) is 17.1 Å². The van der Waals surface area contributed by atoms with Crippen LogP contribution in [-0.2, 0) is 4.79 Å². The summed E-state index contributed by atoms with van der Waals surface area (Å²) in [7, 11) is 0. The topological polar surface area (TPSA) is 32.3 Å². The summed E-state index contributed by atoms with van der Waals surface area (Å²) in [5.41, 5.74) is 0. The quantitative estimate of drug-likeness (QED) is 0.837. The fourth-order valence-electron chi connectivity index (χ4n) is 3.36. The van der Waals surface area contributed by atoms with Crippen molar-refractivity contribution >= 4 is 30.1 Å². The summed E-state index contributed by atoms with van der Waals surface area (Å²) >= 11 is 2.03. The maximum absolute atomic E-state index is 12.4. The maximum Gasteiger partial charge on any atom is 0.222 e. The van der Waals surface area contributed by atoms with Crippen molar-refractivity contribution in [1.29, 1.82) is 0 Å². The standard InChI is InChI=1S/C16H30N2OS.ClH/c1-2-20-15-5-3-4-12-18(13-15)16(19)7-6-14-8-10-17-11-9-14;/h14-15,17H,2-13H2,1H3;1H. The molecule has 0 aromatic heterocycles. The number of piperidine rings is 1. The number of likely N-dealkylation sites (tertiary alicyclic amines) is 1. The zero-order valence-corrected chi connectivity index (χ0v) is 14.9. The van der Waals surface area contributed by atoms with Crippen molar-refractivity contribution in [2.75, 3.05) is 31.9 Å². The molecule has 0 aliphatic carbocycles. The summed E-state index contributed by atoms with van der Waals surface area (Å²) in [6.07, 6.45) is 8.14. The van der Waals surface area contributed by atoms with Gasteiger partial charge in [0.05, 0.1) is 0 Å². The maximum atomic E-state index is 12.4. The molecule has 2 aliphatic heterocycles. The summed E-state index contributed by atoms with van der Waals surface area (Å²) in [5, 5.41) is 4.07. The Bertz CT molecular complexity index is 298. The van der Waals surface area contributed by atoms with Gasteiger partial charge < -0.3 is 10.2 Å². The molecule has 2 fully saturated rings. The van der Waals surface area contributed by atoms with Gasteiger partial charge in [-0.3, -0.25) is 4.79 Å². The Kier molecular flexibility index (Phi) is 9.78. The van der Waals surface area contributed by atoms with E-state index in [0.29, 0.717) is 11.2 Å². The molecule has 0 spiro atoms. The van der Waals surface area contributed by atoms with Gasteiger partial charge in [-0.2, -0.15) is 11.8 Å². The predicted octanol–water partition coefficient (Wildman–Crippen LogP) is 3.32. The highest BCUT2D eigenvalue weighted by atomic mass is 35.5. The Morgan fingerprint density at radius 2 is 2.00 bits per heavy atom. The van der Waals surface area contributed by atoms with E-state index in [9.17, 15) is 4.79 Å². The molecule has 1 atom stereocenters. The van der Waals surface area contributed by atoms with E-state index >= 15 is 0 Å². The van der Waals surface area contributed by atoms with Crippen LogP contribution in [-0.4, -0.2) is 48.0 Å². The van der Waals surface area contributed by atoms with Crippen LogP contribution < -0.4 is 5.32 Å². The van der Waals surface area contributed by atoms with Crippen LogP contribution in [0.2, 0.25) is 0 Å². The minimum atomic E-state index is 0. The van der Waals surface area contributed by atoms with Gasteiger partial charge in [0.1, 0.15) is 0 Å². The van der Waals surface area contributed by atoms with Gasteiger partial charge in [0, 0.05) is 24.8 Å². The molecule has 21 heavy (non-hydrogen) atoms. The summed E-state index contributed by atoms with van der Waals surface area (Å²) < 4.78 is 0. The zero-order valence-electron chi connectivity index (χ0n) is 13.3. The molecular weight excluding hydrogens is 304 g/mol. The number of hydrogen-bond acceptors (Lipinski definition) is 3. The number of halogens is 1. The average Bonchev–Trinajstić information content (AvgIpc) is 2.72. The lowest BCUT2D eigenvalue weighted by Gasteiger charge is -2.26. The normalized spacial score (nSPS) is 24.2. The molecule has 2 saturated heterocycles. The molecule has 0 saturated carbocycles. The summed E-state index contributed by atoms with van der Waals surface area (Å²) in [5.74, 6) is 2.35. The molecule has 0 bridgehead atoms. The number of thioether (sulfide) groups is 1. The summed E-state index contributed by atoms with van der Waals surface area (Å²) in [6, 6.07) is 0. The lowest BCUT2D eigenvalue weighted by atomic mass is 9.93. The number of nitrogens with zero attached hydrogens (tertiary/aromatic N) is 1. The molecule has 1 unspecified atom stereocenters. The first-order chi connectivity index (χ1) is 9.79. The first kappa shape index (κ1) is 19.1. The van der Waals surface area contributed by atoms with Gasteiger partial charge >= 0.3 is 0 Å². The predicted molar refractivity (Wildman–Crippen MR) is 94.4 cm³/mol. The van der Waals surface area contributed by atoms with Gasteiger partial charge in [0.15, 0.2) is 0 Å². The van der Waals surface area contributed by atoms with Crippen molar-refractivity contribution < 1.29 is 4.79 Å². The van der Waals surface area contributed by atoms with Crippen molar-refractivity contribution in [2.24, 2.45) is 5.92 Å². The molecular formula is C16H31ClN2OS. The third-order valence-electron chi connectivity index (χ3n) is 4.61. The SMILES string of the molecule is CCSC1CCCCN(C(=O)CCC2CCNCC2)C1.Cl. The molecule has 2 heterocycles.